The van der Waals surface area contributed by atoms with E-state index in [1.54, 1.807) is 0 Å². The molecular weight excluding hydrogens is 320 g/mol. The molecule has 1 aromatic rings. The second-order valence-electron chi connectivity index (χ2n) is 8.10. The number of carbonyl (C=O) groups is 2. The fourth-order valence-electron chi connectivity index (χ4n) is 4.14. The van der Waals surface area contributed by atoms with Crippen molar-refractivity contribution in [1.82, 2.24) is 19.9 Å². The highest BCUT2D eigenvalue weighted by atomic mass is 16.5. The fourth-order valence-corrected chi connectivity index (χ4v) is 4.14. The van der Waals surface area contributed by atoms with Gasteiger partial charge < -0.3 is 14.3 Å². The fraction of sp³-hybridized carbons (Fsp3) is 0.778. The first kappa shape index (κ1) is 15.3. The molecule has 1 aromatic heterocycles. The van der Waals surface area contributed by atoms with Crippen molar-refractivity contribution in [3.63, 3.8) is 0 Å². The van der Waals surface area contributed by atoms with Gasteiger partial charge in [0.1, 0.15) is 0 Å². The number of rotatable bonds is 5. The van der Waals surface area contributed by atoms with Crippen molar-refractivity contribution in [2.24, 2.45) is 11.8 Å². The molecule has 0 spiro atoms. The standard InChI is InChI=1S/C18H24N4O3/c23-15-8-13(10-21(15)9-11-3-4-11)18(24)22-7-1-2-14(22)16-19-17(25-20-16)12-5-6-12/h11-14H,1-10H2. The molecule has 134 valence electrons. The van der Waals surface area contributed by atoms with Gasteiger partial charge in [0, 0.05) is 32.0 Å². The second kappa shape index (κ2) is 5.81. The van der Waals surface area contributed by atoms with E-state index < -0.39 is 0 Å². The molecule has 2 unspecified atom stereocenters. The Labute approximate surface area is 146 Å². The van der Waals surface area contributed by atoms with Crippen molar-refractivity contribution in [1.29, 1.82) is 0 Å². The van der Waals surface area contributed by atoms with Crippen LogP contribution in [0.25, 0.3) is 0 Å². The third kappa shape index (κ3) is 2.93. The van der Waals surface area contributed by atoms with E-state index in [1.165, 1.54) is 12.8 Å². The van der Waals surface area contributed by atoms with Crippen LogP contribution in [0.3, 0.4) is 0 Å². The maximum absolute atomic E-state index is 13.0. The first-order valence-electron chi connectivity index (χ1n) is 9.61. The average Bonchev–Trinajstić information content (AvgIpc) is 3.47. The number of carbonyl (C=O) groups excluding carboxylic acids is 2. The van der Waals surface area contributed by atoms with E-state index in [0.717, 1.165) is 44.7 Å². The van der Waals surface area contributed by atoms with Crippen molar-refractivity contribution in [2.75, 3.05) is 19.6 Å². The van der Waals surface area contributed by atoms with E-state index in [9.17, 15) is 9.59 Å². The summed E-state index contributed by atoms with van der Waals surface area (Å²) in [5, 5.41) is 4.14. The Morgan fingerprint density at radius 2 is 2.04 bits per heavy atom. The van der Waals surface area contributed by atoms with Gasteiger partial charge in [-0.3, -0.25) is 9.59 Å². The minimum absolute atomic E-state index is 0.0867. The molecule has 0 N–H and O–H groups in total. The van der Waals surface area contributed by atoms with Crippen LogP contribution in [0.5, 0.6) is 0 Å². The number of hydrogen-bond donors (Lipinski definition) is 0. The Hall–Kier alpha value is -1.92. The lowest BCUT2D eigenvalue weighted by molar-refractivity contribution is -0.136. The number of nitrogens with zero attached hydrogens (tertiary/aromatic N) is 4. The normalized spacial score (nSPS) is 29.7. The van der Waals surface area contributed by atoms with Crippen LogP contribution in [0, 0.1) is 11.8 Å². The minimum Gasteiger partial charge on any atom is -0.342 e. The van der Waals surface area contributed by atoms with Gasteiger partial charge in [-0.05, 0) is 44.4 Å². The topological polar surface area (TPSA) is 79.5 Å². The Balaban J connectivity index is 1.27. The van der Waals surface area contributed by atoms with Crippen molar-refractivity contribution in [2.45, 2.75) is 56.9 Å². The number of likely N-dealkylation sites (tertiary alicyclic amines) is 2. The Kier molecular flexibility index (Phi) is 3.57. The van der Waals surface area contributed by atoms with Gasteiger partial charge in [0.05, 0.1) is 12.0 Å². The molecule has 0 aromatic carbocycles. The van der Waals surface area contributed by atoms with Gasteiger partial charge in [-0.1, -0.05) is 5.16 Å². The summed E-state index contributed by atoms with van der Waals surface area (Å²) in [5.41, 5.74) is 0. The van der Waals surface area contributed by atoms with Crippen LogP contribution in [0.2, 0.25) is 0 Å². The summed E-state index contributed by atoms with van der Waals surface area (Å²) < 4.78 is 5.38. The van der Waals surface area contributed by atoms with Crippen molar-refractivity contribution in [3.05, 3.63) is 11.7 Å². The molecule has 4 aliphatic rings. The summed E-state index contributed by atoms with van der Waals surface area (Å²) in [7, 11) is 0. The highest BCUT2D eigenvalue weighted by molar-refractivity contribution is 5.89. The molecule has 2 aliphatic carbocycles. The Morgan fingerprint density at radius 1 is 1.20 bits per heavy atom. The predicted molar refractivity (Wildman–Crippen MR) is 87.4 cm³/mol. The summed E-state index contributed by atoms with van der Waals surface area (Å²) in [4.78, 5) is 33.6. The lowest BCUT2D eigenvalue weighted by Gasteiger charge is -2.25. The monoisotopic (exact) mass is 344 g/mol. The van der Waals surface area contributed by atoms with E-state index >= 15 is 0 Å². The Morgan fingerprint density at radius 3 is 2.80 bits per heavy atom. The molecule has 2 aliphatic heterocycles. The van der Waals surface area contributed by atoms with E-state index in [4.69, 9.17) is 4.52 Å². The van der Waals surface area contributed by atoms with Crippen molar-refractivity contribution in [3.8, 4) is 0 Å². The molecule has 0 bridgehead atoms. The lowest BCUT2D eigenvalue weighted by Crippen LogP contribution is -2.37. The zero-order valence-electron chi connectivity index (χ0n) is 14.4. The van der Waals surface area contributed by atoms with Crippen molar-refractivity contribution < 1.29 is 14.1 Å². The van der Waals surface area contributed by atoms with E-state index in [2.05, 4.69) is 10.1 Å². The van der Waals surface area contributed by atoms with Gasteiger partial charge in [-0.15, -0.1) is 0 Å². The lowest BCUT2D eigenvalue weighted by atomic mass is 10.1. The van der Waals surface area contributed by atoms with Gasteiger partial charge >= 0.3 is 0 Å². The van der Waals surface area contributed by atoms with Crippen LogP contribution >= 0.6 is 0 Å². The number of amides is 2. The summed E-state index contributed by atoms with van der Waals surface area (Å²) in [5.74, 6) is 2.48. The van der Waals surface area contributed by atoms with Crippen LogP contribution in [-0.4, -0.2) is 51.4 Å². The van der Waals surface area contributed by atoms with Gasteiger partial charge in [0.2, 0.25) is 17.7 Å². The highest BCUT2D eigenvalue weighted by Crippen LogP contribution is 2.40. The van der Waals surface area contributed by atoms with E-state index in [-0.39, 0.29) is 23.8 Å². The van der Waals surface area contributed by atoms with Gasteiger partial charge in [-0.25, -0.2) is 0 Å². The number of aromatic nitrogens is 2. The van der Waals surface area contributed by atoms with Crippen LogP contribution in [-0.2, 0) is 9.59 Å². The molecule has 2 amide bonds. The minimum atomic E-state index is -0.207. The molecular formula is C18H24N4O3. The Bertz CT molecular complexity index is 694. The van der Waals surface area contributed by atoms with Crippen molar-refractivity contribution >= 4 is 11.8 Å². The first-order chi connectivity index (χ1) is 12.2. The molecule has 2 saturated carbocycles. The smallest absolute Gasteiger partial charge is 0.229 e. The summed E-state index contributed by atoms with van der Waals surface area (Å²) in [6.45, 7) is 2.14. The molecule has 5 rings (SSSR count). The van der Waals surface area contributed by atoms with Gasteiger partial charge in [-0.2, -0.15) is 4.98 Å². The van der Waals surface area contributed by atoms with Crippen LogP contribution in [0.4, 0.5) is 0 Å². The zero-order chi connectivity index (χ0) is 17.0. The summed E-state index contributed by atoms with van der Waals surface area (Å²) >= 11 is 0. The predicted octanol–water partition coefficient (Wildman–Crippen LogP) is 1.87. The molecule has 4 fully saturated rings. The average molecular weight is 344 g/mol. The zero-order valence-corrected chi connectivity index (χ0v) is 14.4. The largest absolute Gasteiger partial charge is 0.342 e. The molecule has 7 heteroatoms. The maximum Gasteiger partial charge on any atom is 0.229 e. The summed E-state index contributed by atoms with van der Waals surface area (Å²) in [6.07, 6.45) is 6.87. The molecule has 2 saturated heterocycles. The van der Waals surface area contributed by atoms with Gasteiger partial charge in [0.25, 0.3) is 0 Å². The van der Waals surface area contributed by atoms with E-state index in [0.29, 0.717) is 30.6 Å². The third-order valence-electron chi connectivity index (χ3n) is 5.96. The first-order valence-corrected chi connectivity index (χ1v) is 9.61. The molecule has 7 nitrogen and oxygen atoms in total. The second-order valence-corrected chi connectivity index (χ2v) is 8.10. The molecule has 3 heterocycles. The molecule has 0 radical (unpaired) electrons. The van der Waals surface area contributed by atoms with Crippen LogP contribution in [0.15, 0.2) is 4.52 Å². The summed E-state index contributed by atoms with van der Waals surface area (Å²) in [6, 6.07) is -0.0867. The molecule has 2 atom stereocenters. The molecule has 25 heavy (non-hydrogen) atoms. The van der Waals surface area contributed by atoms with Gasteiger partial charge in [0.15, 0.2) is 5.82 Å². The highest BCUT2D eigenvalue weighted by Gasteiger charge is 2.42. The van der Waals surface area contributed by atoms with Crippen LogP contribution in [0.1, 0.15) is 68.6 Å². The quantitative estimate of drug-likeness (QED) is 0.815. The maximum atomic E-state index is 13.0. The van der Waals surface area contributed by atoms with E-state index in [1.807, 2.05) is 9.80 Å². The van der Waals surface area contributed by atoms with Crippen LogP contribution < -0.4 is 0 Å². The third-order valence-corrected chi connectivity index (χ3v) is 5.96. The number of hydrogen-bond acceptors (Lipinski definition) is 5. The SMILES string of the molecule is O=C1CC(C(=O)N2CCCC2c2noc(C3CC3)n2)CN1CC1CC1.